The van der Waals surface area contributed by atoms with Gasteiger partial charge in [0.15, 0.2) is 10.5 Å². The second-order valence-electron chi connectivity index (χ2n) is 14.2. The van der Waals surface area contributed by atoms with E-state index in [1.165, 1.54) is 7.11 Å². The van der Waals surface area contributed by atoms with E-state index in [2.05, 4.69) is 11.0 Å². The van der Waals surface area contributed by atoms with Crippen LogP contribution >= 0.6 is 34.8 Å². The monoisotopic (exact) mass is 887 g/mol. The maximum absolute atomic E-state index is 14.1. The molecule has 0 radical (unpaired) electrons. The van der Waals surface area contributed by atoms with E-state index >= 15 is 0 Å². The number of carbonyl (C=O) groups is 4. The number of rotatable bonds is 15. The molecule has 2 atom stereocenters. The number of hydrogen-bond donors (Lipinski definition) is 4. The molecule has 0 aromatic heterocycles. The van der Waals surface area contributed by atoms with Crippen LogP contribution in [0.3, 0.4) is 0 Å². The molecule has 1 amide bonds. The summed E-state index contributed by atoms with van der Waals surface area (Å²) in [6, 6.07) is 22.9. The number of ether oxygens (including phenoxy) is 1. The molecule has 1 heterocycles. The van der Waals surface area contributed by atoms with Crippen molar-refractivity contribution in [2.24, 2.45) is 0 Å². The predicted molar refractivity (Wildman–Crippen MR) is 225 cm³/mol. The van der Waals surface area contributed by atoms with E-state index in [9.17, 15) is 29.0 Å². The van der Waals surface area contributed by atoms with Crippen LogP contribution in [0.1, 0.15) is 71.0 Å². The Morgan fingerprint density at radius 1 is 0.983 bits per heavy atom. The first kappa shape index (κ1) is 47.1. The van der Waals surface area contributed by atoms with E-state index in [0.717, 1.165) is 65.7 Å². The molecule has 1 unspecified atom stereocenters. The highest BCUT2D eigenvalue weighted by Gasteiger charge is 2.41. The number of methoxy groups -OCH3 is 1. The lowest BCUT2D eigenvalue weighted by Gasteiger charge is -2.34. The molecule has 1 aliphatic heterocycles. The number of likely N-dealkylation sites (N-methyl/N-ethyl adjacent to an activating group) is 1. The summed E-state index contributed by atoms with van der Waals surface area (Å²) in [5.74, 6) is -4.65. The number of likely N-dealkylation sites (tertiary alicyclic amines) is 1. The Hall–Kier alpha value is -4.59. The number of hydrogen-bond acceptors (Lipinski definition) is 9. The molecule has 1 saturated heterocycles. The van der Waals surface area contributed by atoms with Gasteiger partial charge in [0.05, 0.1) is 41.1 Å². The molecule has 5 rings (SSSR count). The summed E-state index contributed by atoms with van der Waals surface area (Å²) >= 11 is 17.8. The Morgan fingerprint density at radius 2 is 1.63 bits per heavy atom. The van der Waals surface area contributed by atoms with Crippen molar-refractivity contribution < 1.29 is 48.9 Å². The summed E-state index contributed by atoms with van der Waals surface area (Å²) < 4.78 is 18.0. The molecule has 4 N–H and O–H groups in total. The lowest BCUT2D eigenvalue weighted by Crippen LogP contribution is -2.42. The zero-order valence-corrected chi connectivity index (χ0v) is 35.6. The highest BCUT2D eigenvalue weighted by atomic mass is 35.5. The fourth-order valence-electron chi connectivity index (χ4n) is 7.18. The third-order valence-electron chi connectivity index (χ3n) is 10.2. The summed E-state index contributed by atoms with van der Waals surface area (Å²) in [6.07, 6.45) is 2.13. The number of carbonyl (C=O) groups excluding carboxylic acids is 1. The number of halogens is 3. The summed E-state index contributed by atoms with van der Waals surface area (Å²) in [5, 5.41) is 46.7. The molecule has 0 aliphatic carbocycles. The average molecular weight is 889 g/mol. The zero-order chi connectivity index (χ0) is 43.6. The number of benzene rings is 4. The first-order chi connectivity index (χ1) is 27.9. The van der Waals surface area contributed by atoms with Gasteiger partial charge in [-0.3, -0.25) is 14.4 Å². The van der Waals surface area contributed by atoms with Crippen LogP contribution in [-0.4, -0.2) is 111 Å². The van der Waals surface area contributed by atoms with Gasteiger partial charge in [-0.2, -0.15) is 5.26 Å². The van der Waals surface area contributed by atoms with E-state index in [4.69, 9.17) is 60.0 Å². The van der Waals surface area contributed by atoms with Crippen molar-refractivity contribution in [3.05, 3.63) is 104 Å². The van der Waals surface area contributed by atoms with E-state index in [0.29, 0.717) is 38.7 Å². The third kappa shape index (κ3) is 12.2. The number of piperidine rings is 1. The van der Waals surface area contributed by atoms with Gasteiger partial charge in [-0.25, -0.2) is 4.79 Å². The molecule has 0 bridgehead atoms. The van der Waals surface area contributed by atoms with Crippen LogP contribution in [0, 0.1) is 11.3 Å². The second kappa shape index (κ2) is 21.1. The van der Waals surface area contributed by atoms with Gasteiger partial charge < -0.3 is 39.5 Å². The Kier molecular flexibility index (Phi) is 16.8. The standard InChI is InChI=1S/C36H36Cl3N3O3S.C6H8O7/c1-41(36(43)34-30-7-5-4-6-25(30)18-27(21-40)35(34)45-2)22-26(24-8-11-31(38)32(39)19-24)14-17-42-15-12-23(13-16-42)29-10-9-28(37)20-33(29)46(3)44;7-3(8)1-6(13,5(11)12)2-4(9)10/h4-11,18-20,23,26H,12-17,22H2,1-3H3;13H,1-2H2,(H,7,8)(H,9,10)(H,11,12)/t26-,46?;/m1./s1. The quantitative estimate of drug-likeness (QED) is 0.0867. The van der Waals surface area contributed by atoms with Gasteiger partial charge in [-0.1, -0.05) is 71.2 Å². The fraction of sp³-hybridized carbons (Fsp3) is 0.357. The van der Waals surface area contributed by atoms with E-state index in [1.807, 2.05) is 54.6 Å². The Balaban J connectivity index is 0.000000509. The van der Waals surface area contributed by atoms with Crippen LogP contribution in [0.15, 0.2) is 71.6 Å². The molecule has 314 valence electrons. The first-order valence-corrected chi connectivity index (χ1v) is 21.0. The molecule has 4 aromatic rings. The highest BCUT2D eigenvalue weighted by Crippen LogP contribution is 2.36. The van der Waals surface area contributed by atoms with Crippen molar-refractivity contribution in [1.82, 2.24) is 9.80 Å². The van der Waals surface area contributed by atoms with Gasteiger partial charge in [0, 0.05) is 36.2 Å². The predicted octanol–water partition coefficient (Wildman–Crippen LogP) is 7.29. The van der Waals surface area contributed by atoms with Crippen molar-refractivity contribution in [3.63, 3.8) is 0 Å². The van der Waals surface area contributed by atoms with Crippen LogP contribution < -0.4 is 4.74 Å². The molecular formula is C42H44Cl3N3O10S. The maximum Gasteiger partial charge on any atom is 0.336 e. The summed E-state index contributed by atoms with van der Waals surface area (Å²) in [6.45, 7) is 3.09. The normalized spacial score (nSPS) is 14.4. The van der Waals surface area contributed by atoms with Crippen molar-refractivity contribution in [2.75, 3.05) is 46.6 Å². The molecule has 1 aliphatic rings. The lowest BCUT2D eigenvalue weighted by molar-refractivity contribution is -0.170. The van der Waals surface area contributed by atoms with Crippen LogP contribution in [-0.2, 0) is 25.6 Å². The van der Waals surface area contributed by atoms with Crippen LogP contribution in [0.2, 0.25) is 15.1 Å². The topological polar surface area (TPSA) is 212 Å². The summed E-state index contributed by atoms with van der Waals surface area (Å²) in [5.41, 5.74) is 0.0878. The van der Waals surface area contributed by atoms with Gasteiger partial charge in [0.25, 0.3) is 5.91 Å². The minimum atomic E-state index is -2.74. The smallest absolute Gasteiger partial charge is 0.336 e. The summed E-state index contributed by atoms with van der Waals surface area (Å²) in [7, 11) is 3.27. The van der Waals surface area contributed by atoms with Crippen molar-refractivity contribution in [2.45, 2.75) is 54.4 Å². The van der Waals surface area contributed by atoms with Crippen LogP contribution in [0.25, 0.3) is 10.8 Å². The number of aliphatic carboxylic acids is 3. The molecule has 17 heteroatoms. The first-order valence-electron chi connectivity index (χ1n) is 18.3. The SMILES string of the molecule is COc1c(C#N)cc2ccccc2c1C(=O)N(C)C[C@@H](CCN1CCC(c2ccc(Cl)cc2[S+](C)[O-])CC1)c1ccc(Cl)c(Cl)c1.O=C(O)CC(O)(CC(=O)O)C(=O)O. The molecule has 0 spiro atoms. The fourth-order valence-corrected chi connectivity index (χ4v) is 8.59. The van der Waals surface area contributed by atoms with Crippen LogP contribution in [0.4, 0.5) is 0 Å². The van der Waals surface area contributed by atoms with Gasteiger partial charge in [-0.15, -0.1) is 0 Å². The number of nitrogens with zero attached hydrogens (tertiary/aromatic N) is 3. The number of carboxylic acid groups (broad SMARTS) is 3. The number of carboxylic acids is 3. The van der Waals surface area contributed by atoms with Crippen molar-refractivity contribution >= 4 is 80.6 Å². The lowest BCUT2D eigenvalue weighted by atomic mass is 9.88. The molecule has 13 nitrogen and oxygen atoms in total. The molecule has 4 aromatic carbocycles. The number of aliphatic hydroxyl groups is 1. The minimum absolute atomic E-state index is 0.0248. The van der Waals surface area contributed by atoms with E-state index in [1.54, 1.807) is 30.3 Å². The average Bonchev–Trinajstić information content (AvgIpc) is 3.19. The Bertz CT molecular complexity index is 2210. The Labute approximate surface area is 359 Å². The number of fused-ring (bicyclic) bond motifs is 1. The minimum Gasteiger partial charge on any atom is -0.612 e. The highest BCUT2D eigenvalue weighted by molar-refractivity contribution is 7.90. The second-order valence-corrected chi connectivity index (χ2v) is 16.8. The van der Waals surface area contributed by atoms with Gasteiger partial charge >= 0.3 is 17.9 Å². The van der Waals surface area contributed by atoms with E-state index in [-0.39, 0.29) is 17.6 Å². The third-order valence-corrected chi connectivity index (χ3v) is 12.1. The maximum atomic E-state index is 14.1. The van der Waals surface area contributed by atoms with Gasteiger partial charge in [0.1, 0.15) is 18.1 Å². The Morgan fingerprint density at radius 3 is 2.19 bits per heavy atom. The van der Waals surface area contributed by atoms with Crippen LogP contribution in [0.5, 0.6) is 5.75 Å². The van der Waals surface area contributed by atoms with E-state index < -0.39 is 47.5 Å². The van der Waals surface area contributed by atoms with Gasteiger partial charge in [-0.05, 0) is 96.6 Å². The van der Waals surface area contributed by atoms with Crippen molar-refractivity contribution in [1.29, 1.82) is 5.26 Å². The number of amides is 1. The zero-order valence-electron chi connectivity index (χ0n) is 32.5. The largest absolute Gasteiger partial charge is 0.612 e. The van der Waals surface area contributed by atoms with Gasteiger partial charge in [0.2, 0.25) is 0 Å². The molecule has 1 fully saturated rings. The molecule has 59 heavy (non-hydrogen) atoms. The summed E-state index contributed by atoms with van der Waals surface area (Å²) in [4.78, 5) is 49.6. The van der Waals surface area contributed by atoms with Crippen molar-refractivity contribution in [3.8, 4) is 11.8 Å². The molecular weight excluding hydrogens is 845 g/mol. The molecule has 0 saturated carbocycles. The number of nitriles is 1.